The van der Waals surface area contributed by atoms with Gasteiger partial charge in [-0.3, -0.25) is 9.48 Å². The van der Waals surface area contributed by atoms with E-state index in [-0.39, 0.29) is 5.91 Å². The highest BCUT2D eigenvalue weighted by Gasteiger charge is 2.16. The van der Waals surface area contributed by atoms with E-state index >= 15 is 0 Å². The van der Waals surface area contributed by atoms with Gasteiger partial charge < -0.3 is 10.2 Å². The number of carbonyl (C=O) groups excluding carboxylic acids is 1. The van der Waals surface area contributed by atoms with Crippen LogP contribution in [0.25, 0.3) is 10.2 Å². The molecule has 3 aromatic rings. The van der Waals surface area contributed by atoms with Gasteiger partial charge in [0.05, 0.1) is 22.5 Å². The zero-order valence-corrected chi connectivity index (χ0v) is 14.6. The van der Waals surface area contributed by atoms with Crippen LogP contribution in [-0.4, -0.2) is 33.8 Å². The fourth-order valence-electron chi connectivity index (χ4n) is 3.10. The van der Waals surface area contributed by atoms with Crippen molar-refractivity contribution in [3.8, 4) is 0 Å². The van der Waals surface area contributed by atoms with E-state index in [2.05, 4.69) is 20.3 Å². The van der Waals surface area contributed by atoms with Crippen LogP contribution in [0, 0.1) is 6.92 Å². The van der Waals surface area contributed by atoms with Crippen molar-refractivity contribution < 1.29 is 4.79 Å². The first kappa shape index (κ1) is 15.1. The molecule has 1 aliphatic rings. The molecule has 0 radical (unpaired) electrons. The van der Waals surface area contributed by atoms with Crippen LogP contribution >= 0.6 is 11.3 Å². The van der Waals surface area contributed by atoms with E-state index in [9.17, 15) is 4.79 Å². The Morgan fingerprint density at radius 1 is 1.29 bits per heavy atom. The summed E-state index contributed by atoms with van der Waals surface area (Å²) < 4.78 is 1.82. The van der Waals surface area contributed by atoms with Crippen LogP contribution in [0.4, 0.5) is 11.5 Å². The number of rotatable bonds is 3. The van der Waals surface area contributed by atoms with Crippen molar-refractivity contribution in [3.63, 3.8) is 0 Å². The van der Waals surface area contributed by atoms with E-state index in [1.165, 1.54) is 24.2 Å². The van der Waals surface area contributed by atoms with Gasteiger partial charge in [0.2, 0.25) is 0 Å². The summed E-state index contributed by atoms with van der Waals surface area (Å²) in [6.07, 6.45) is 4.17. The van der Waals surface area contributed by atoms with Crippen molar-refractivity contribution in [2.45, 2.75) is 19.8 Å². The summed E-state index contributed by atoms with van der Waals surface area (Å²) in [4.78, 5) is 20.9. The Balaban J connectivity index is 1.51. The van der Waals surface area contributed by atoms with Crippen molar-refractivity contribution in [2.24, 2.45) is 7.05 Å². The molecule has 0 aliphatic carbocycles. The van der Waals surface area contributed by atoms with Crippen LogP contribution in [0.3, 0.4) is 0 Å². The molecule has 4 rings (SSSR count). The number of aryl methyl sites for hydroxylation is 2. The van der Waals surface area contributed by atoms with Gasteiger partial charge in [-0.2, -0.15) is 5.10 Å². The molecule has 0 spiro atoms. The zero-order chi connectivity index (χ0) is 16.7. The minimum absolute atomic E-state index is 0.105. The maximum absolute atomic E-state index is 12.5. The van der Waals surface area contributed by atoms with Crippen LogP contribution in [0.2, 0.25) is 0 Å². The second kappa shape index (κ2) is 5.90. The number of hydrogen-bond donors (Lipinski definition) is 1. The largest absolute Gasteiger partial charge is 0.357 e. The van der Waals surface area contributed by atoms with Gasteiger partial charge in [0.1, 0.15) is 10.6 Å². The molecule has 1 fully saturated rings. The van der Waals surface area contributed by atoms with E-state index in [4.69, 9.17) is 0 Å². The van der Waals surface area contributed by atoms with Crippen molar-refractivity contribution >= 4 is 39.0 Å². The minimum atomic E-state index is -0.105. The van der Waals surface area contributed by atoms with Crippen LogP contribution in [-0.2, 0) is 7.05 Å². The molecule has 1 aliphatic heterocycles. The summed E-state index contributed by atoms with van der Waals surface area (Å²) in [5.74, 6) is 0.875. The van der Waals surface area contributed by atoms with E-state index in [0.29, 0.717) is 4.88 Å². The molecule has 24 heavy (non-hydrogen) atoms. The summed E-state index contributed by atoms with van der Waals surface area (Å²) in [5, 5.41) is 8.33. The molecule has 124 valence electrons. The lowest BCUT2D eigenvalue weighted by Gasteiger charge is -2.16. The molecule has 4 heterocycles. The zero-order valence-electron chi connectivity index (χ0n) is 13.7. The normalized spacial score (nSPS) is 14.5. The molecule has 1 amide bonds. The summed E-state index contributed by atoms with van der Waals surface area (Å²) in [5.41, 5.74) is 1.66. The Kier molecular flexibility index (Phi) is 3.72. The van der Waals surface area contributed by atoms with Gasteiger partial charge >= 0.3 is 0 Å². The average molecular weight is 341 g/mol. The lowest BCUT2D eigenvalue weighted by Crippen LogP contribution is -2.19. The minimum Gasteiger partial charge on any atom is -0.357 e. The molecule has 1 saturated heterocycles. The van der Waals surface area contributed by atoms with Crippen molar-refractivity contribution in [1.29, 1.82) is 0 Å². The number of aromatic nitrogens is 3. The first-order valence-electron chi connectivity index (χ1n) is 8.07. The lowest BCUT2D eigenvalue weighted by molar-refractivity contribution is 0.103. The maximum atomic E-state index is 12.5. The Morgan fingerprint density at radius 3 is 2.75 bits per heavy atom. The highest BCUT2D eigenvalue weighted by atomic mass is 32.1. The Labute approximate surface area is 144 Å². The van der Waals surface area contributed by atoms with E-state index in [1.807, 2.05) is 36.9 Å². The van der Waals surface area contributed by atoms with Gasteiger partial charge in [-0.25, -0.2) is 4.98 Å². The maximum Gasteiger partial charge on any atom is 0.265 e. The number of fused-ring (bicyclic) bond motifs is 1. The Hall–Kier alpha value is -2.41. The number of nitrogens with zero attached hydrogens (tertiary/aromatic N) is 4. The van der Waals surface area contributed by atoms with Crippen molar-refractivity contribution in [1.82, 2.24) is 14.8 Å². The van der Waals surface area contributed by atoms with Gasteiger partial charge in [-0.15, -0.1) is 11.3 Å². The predicted molar refractivity (Wildman–Crippen MR) is 97.0 cm³/mol. The number of pyridine rings is 1. The molecule has 0 bridgehead atoms. The predicted octanol–water partition coefficient (Wildman–Crippen LogP) is 3.19. The van der Waals surface area contributed by atoms with Crippen LogP contribution in [0.1, 0.15) is 28.2 Å². The van der Waals surface area contributed by atoms with Gasteiger partial charge in [0.25, 0.3) is 5.91 Å². The fourth-order valence-corrected chi connectivity index (χ4v) is 4.12. The van der Waals surface area contributed by atoms with Crippen molar-refractivity contribution in [2.75, 3.05) is 23.3 Å². The fraction of sp³-hybridized carbons (Fsp3) is 0.353. The molecule has 0 unspecified atom stereocenters. The topological polar surface area (TPSA) is 63.1 Å². The van der Waals surface area contributed by atoms with E-state index < -0.39 is 0 Å². The molecular weight excluding hydrogens is 322 g/mol. The van der Waals surface area contributed by atoms with E-state index in [1.54, 1.807) is 6.20 Å². The molecule has 0 aromatic carbocycles. The number of hydrogen-bond acceptors (Lipinski definition) is 5. The van der Waals surface area contributed by atoms with Gasteiger partial charge in [0, 0.05) is 25.5 Å². The third kappa shape index (κ3) is 2.65. The van der Waals surface area contributed by atoms with Crippen LogP contribution in [0.5, 0.6) is 0 Å². The standard InChI is InChI=1S/C17H19N5OS/c1-11-13-9-14(24-17(13)21(2)20-11)16(23)19-12-5-6-15(18-10-12)22-7-3-4-8-22/h5-6,9-10H,3-4,7-8H2,1-2H3,(H,19,23). The molecule has 0 saturated carbocycles. The van der Waals surface area contributed by atoms with Crippen LogP contribution < -0.4 is 10.2 Å². The molecule has 1 N–H and O–H groups in total. The molecule has 0 atom stereocenters. The summed E-state index contributed by atoms with van der Waals surface area (Å²) >= 11 is 1.46. The number of carbonyl (C=O) groups is 1. The Morgan fingerprint density at radius 2 is 2.08 bits per heavy atom. The number of amides is 1. The first-order valence-corrected chi connectivity index (χ1v) is 8.89. The SMILES string of the molecule is Cc1nn(C)c2sc(C(=O)Nc3ccc(N4CCCC4)nc3)cc12. The highest BCUT2D eigenvalue weighted by Crippen LogP contribution is 2.28. The third-order valence-electron chi connectivity index (χ3n) is 4.36. The smallest absolute Gasteiger partial charge is 0.265 e. The van der Waals surface area contributed by atoms with Crippen molar-refractivity contribution in [3.05, 3.63) is 35.0 Å². The lowest BCUT2D eigenvalue weighted by atomic mass is 10.3. The summed E-state index contributed by atoms with van der Waals surface area (Å²) in [6.45, 7) is 4.08. The highest BCUT2D eigenvalue weighted by molar-refractivity contribution is 7.20. The molecule has 7 heteroatoms. The molecular formula is C17H19N5OS. The summed E-state index contributed by atoms with van der Waals surface area (Å²) in [7, 11) is 1.90. The molecule has 6 nitrogen and oxygen atoms in total. The third-order valence-corrected chi connectivity index (χ3v) is 5.56. The number of nitrogens with one attached hydrogen (secondary N) is 1. The quantitative estimate of drug-likeness (QED) is 0.795. The van der Waals surface area contributed by atoms with E-state index in [0.717, 1.165) is 40.5 Å². The Bertz CT molecular complexity index is 855. The van der Waals surface area contributed by atoms with Crippen LogP contribution in [0.15, 0.2) is 24.4 Å². The average Bonchev–Trinajstić information content (AvgIpc) is 3.29. The van der Waals surface area contributed by atoms with Gasteiger partial charge in [0.15, 0.2) is 0 Å². The second-order valence-corrected chi connectivity index (χ2v) is 7.12. The van der Waals surface area contributed by atoms with Gasteiger partial charge in [-0.05, 0) is 38.0 Å². The summed E-state index contributed by atoms with van der Waals surface area (Å²) in [6, 6.07) is 5.79. The first-order chi connectivity index (χ1) is 11.6. The molecule has 3 aromatic heterocycles. The van der Waals surface area contributed by atoms with Gasteiger partial charge in [-0.1, -0.05) is 0 Å². The second-order valence-electron chi connectivity index (χ2n) is 6.09. The number of anilines is 2. The number of thiophene rings is 1. The monoisotopic (exact) mass is 341 g/mol.